The third-order valence-electron chi connectivity index (χ3n) is 6.50. The summed E-state index contributed by atoms with van der Waals surface area (Å²) in [6.07, 6.45) is 1.68. The number of benzene rings is 4. The van der Waals surface area contributed by atoms with Gasteiger partial charge < -0.3 is 10.6 Å². The van der Waals surface area contributed by atoms with Crippen molar-refractivity contribution in [3.8, 4) is 0 Å². The number of carbonyl (C=O) groups is 4. The molecule has 1 atom stereocenters. The number of thioether (sulfide) groups is 1. The van der Waals surface area contributed by atoms with Gasteiger partial charge in [-0.15, -0.1) is 11.8 Å². The van der Waals surface area contributed by atoms with Gasteiger partial charge in [0.05, 0.1) is 10.9 Å². The third kappa shape index (κ3) is 6.97. The van der Waals surface area contributed by atoms with Gasteiger partial charge in [0.2, 0.25) is 11.8 Å². The molecule has 42 heavy (non-hydrogen) atoms. The van der Waals surface area contributed by atoms with Crippen molar-refractivity contribution < 1.29 is 19.2 Å². The van der Waals surface area contributed by atoms with Gasteiger partial charge in [0.1, 0.15) is 5.70 Å². The van der Waals surface area contributed by atoms with E-state index in [-0.39, 0.29) is 23.9 Å². The highest BCUT2D eigenvalue weighted by Crippen LogP contribution is 2.34. The molecule has 7 nitrogen and oxygen atoms in total. The maximum absolute atomic E-state index is 13.3. The summed E-state index contributed by atoms with van der Waals surface area (Å²) in [5, 5.41) is 5.53. The van der Waals surface area contributed by atoms with E-state index in [9.17, 15) is 19.2 Å². The number of nitrogens with one attached hydrogen (secondary N) is 2. The second-order valence-electron chi connectivity index (χ2n) is 9.62. The Balaban J connectivity index is 1.27. The molecule has 9 heteroatoms. The lowest BCUT2D eigenvalue weighted by molar-refractivity contribution is -0.121. The Morgan fingerprint density at radius 1 is 0.881 bits per heavy atom. The number of carbonyl (C=O) groups excluding carboxylic acids is 4. The molecular formula is C33H26ClN3O4S. The first-order chi connectivity index (χ1) is 20.3. The number of amides is 4. The van der Waals surface area contributed by atoms with Crippen molar-refractivity contribution in [3.63, 3.8) is 0 Å². The molecule has 1 saturated heterocycles. The minimum atomic E-state index is -0.540. The average Bonchev–Trinajstić information content (AvgIpc) is 3.27. The van der Waals surface area contributed by atoms with E-state index < -0.39 is 17.1 Å². The van der Waals surface area contributed by atoms with Crippen LogP contribution in [0.2, 0.25) is 5.02 Å². The zero-order valence-electron chi connectivity index (χ0n) is 22.5. The lowest BCUT2D eigenvalue weighted by Crippen LogP contribution is -2.31. The Bertz CT molecular complexity index is 1650. The predicted octanol–water partition coefficient (Wildman–Crippen LogP) is 6.48. The maximum Gasteiger partial charge on any atom is 0.272 e. The summed E-state index contributed by atoms with van der Waals surface area (Å²) < 4.78 is 0. The first-order valence-corrected chi connectivity index (χ1v) is 14.4. The van der Waals surface area contributed by atoms with Gasteiger partial charge in [-0.1, -0.05) is 59.6 Å². The molecule has 1 aliphatic heterocycles. The SMILES string of the molecule is Cc1ccc(N2C(=O)CC(Sc3ccc(NC(=O)/C(=C/c4ccc(Cl)cc4)NC(=O)c4ccccc4)cc3)C2=O)cc1. The van der Waals surface area contributed by atoms with Gasteiger partial charge >= 0.3 is 0 Å². The highest BCUT2D eigenvalue weighted by molar-refractivity contribution is 8.00. The number of hydrogen-bond donors (Lipinski definition) is 2. The fourth-order valence-corrected chi connectivity index (χ4v) is 5.49. The number of imide groups is 1. The first kappa shape index (κ1) is 28.9. The molecule has 4 amide bonds. The molecule has 0 saturated carbocycles. The normalized spacial score (nSPS) is 15.0. The second-order valence-corrected chi connectivity index (χ2v) is 11.3. The topological polar surface area (TPSA) is 95.6 Å². The third-order valence-corrected chi connectivity index (χ3v) is 7.95. The highest BCUT2D eigenvalue weighted by Gasteiger charge is 2.40. The van der Waals surface area contributed by atoms with Crippen LogP contribution in [0.4, 0.5) is 11.4 Å². The van der Waals surface area contributed by atoms with Crippen LogP contribution in [0.5, 0.6) is 0 Å². The van der Waals surface area contributed by atoms with Crippen LogP contribution in [0, 0.1) is 6.92 Å². The van der Waals surface area contributed by atoms with Crippen LogP contribution in [-0.2, 0) is 14.4 Å². The van der Waals surface area contributed by atoms with E-state index in [2.05, 4.69) is 10.6 Å². The summed E-state index contributed by atoms with van der Waals surface area (Å²) in [4.78, 5) is 53.8. The van der Waals surface area contributed by atoms with Gasteiger partial charge in [0, 0.05) is 27.6 Å². The van der Waals surface area contributed by atoms with E-state index in [4.69, 9.17) is 11.6 Å². The largest absolute Gasteiger partial charge is 0.321 e. The minimum Gasteiger partial charge on any atom is -0.321 e. The van der Waals surface area contributed by atoms with Crippen molar-refractivity contribution in [2.45, 2.75) is 23.5 Å². The van der Waals surface area contributed by atoms with E-state index >= 15 is 0 Å². The molecule has 1 fully saturated rings. The van der Waals surface area contributed by atoms with E-state index in [1.54, 1.807) is 97.1 Å². The van der Waals surface area contributed by atoms with Crippen molar-refractivity contribution in [2.24, 2.45) is 0 Å². The summed E-state index contributed by atoms with van der Waals surface area (Å²) in [6, 6.07) is 29.7. The van der Waals surface area contributed by atoms with Crippen molar-refractivity contribution in [3.05, 3.63) is 131 Å². The van der Waals surface area contributed by atoms with Crippen molar-refractivity contribution in [1.29, 1.82) is 0 Å². The Morgan fingerprint density at radius 3 is 2.21 bits per heavy atom. The second kappa shape index (κ2) is 12.9. The van der Waals surface area contributed by atoms with Gasteiger partial charge in [-0.25, -0.2) is 4.90 Å². The maximum atomic E-state index is 13.3. The lowest BCUT2D eigenvalue weighted by atomic mass is 10.1. The van der Waals surface area contributed by atoms with Crippen molar-refractivity contribution >= 4 is 64.4 Å². The number of halogens is 1. The van der Waals surface area contributed by atoms with Gasteiger partial charge in [-0.05, 0) is 79.2 Å². The quantitative estimate of drug-likeness (QED) is 0.179. The van der Waals surface area contributed by atoms with Crippen molar-refractivity contribution in [2.75, 3.05) is 10.2 Å². The molecule has 2 N–H and O–H groups in total. The zero-order chi connectivity index (χ0) is 29.6. The van der Waals surface area contributed by atoms with Gasteiger partial charge in [0.25, 0.3) is 11.8 Å². The lowest BCUT2D eigenvalue weighted by Gasteiger charge is -2.15. The molecule has 0 spiro atoms. The molecular weight excluding hydrogens is 570 g/mol. The van der Waals surface area contributed by atoms with E-state index in [1.165, 1.54) is 16.7 Å². The molecule has 0 aliphatic carbocycles. The number of aryl methyl sites for hydroxylation is 1. The van der Waals surface area contributed by atoms with Gasteiger partial charge in [-0.3, -0.25) is 19.2 Å². The Labute approximate surface area is 252 Å². The summed E-state index contributed by atoms with van der Waals surface area (Å²) in [5.41, 5.74) is 3.25. The first-order valence-electron chi connectivity index (χ1n) is 13.1. The standard InChI is InChI=1S/C33H26ClN3O4S/c1-21-7-15-26(16-8-21)37-30(38)20-29(33(37)41)42-27-17-13-25(14-18-27)35-32(40)28(19-22-9-11-24(34)12-10-22)36-31(39)23-5-3-2-4-6-23/h2-19,29H,20H2,1H3,(H,35,40)(H,36,39)/b28-19-. The smallest absolute Gasteiger partial charge is 0.272 e. The number of rotatable bonds is 8. The molecule has 0 radical (unpaired) electrons. The molecule has 0 bridgehead atoms. The Morgan fingerprint density at radius 2 is 1.55 bits per heavy atom. The molecule has 1 unspecified atom stereocenters. The molecule has 210 valence electrons. The predicted molar refractivity (Wildman–Crippen MR) is 166 cm³/mol. The fraction of sp³-hybridized carbons (Fsp3) is 0.0909. The minimum absolute atomic E-state index is 0.0517. The highest BCUT2D eigenvalue weighted by atomic mass is 35.5. The van der Waals surface area contributed by atoms with Crippen LogP contribution in [0.1, 0.15) is 27.9 Å². The Hall–Kier alpha value is -4.66. The Kier molecular flexibility index (Phi) is 8.85. The van der Waals surface area contributed by atoms with E-state index in [0.717, 1.165) is 10.5 Å². The van der Waals surface area contributed by atoms with E-state index in [0.29, 0.717) is 27.5 Å². The zero-order valence-corrected chi connectivity index (χ0v) is 24.1. The molecule has 5 rings (SSSR count). The molecule has 4 aromatic rings. The molecule has 1 aliphatic rings. The van der Waals surface area contributed by atoms with Crippen LogP contribution in [0.25, 0.3) is 6.08 Å². The van der Waals surface area contributed by atoms with Crippen LogP contribution < -0.4 is 15.5 Å². The molecule has 1 heterocycles. The van der Waals surface area contributed by atoms with Crippen LogP contribution in [0.3, 0.4) is 0 Å². The molecule has 0 aromatic heterocycles. The summed E-state index contributed by atoms with van der Waals surface area (Å²) in [7, 11) is 0. The fourth-order valence-electron chi connectivity index (χ4n) is 4.31. The summed E-state index contributed by atoms with van der Waals surface area (Å²) in [5.74, 6) is -1.42. The van der Waals surface area contributed by atoms with Crippen LogP contribution in [-0.4, -0.2) is 28.9 Å². The molecule has 4 aromatic carbocycles. The van der Waals surface area contributed by atoms with Gasteiger partial charge in [-0.2, -0.15) is 0 Å². The average molecular weight is 596 g/mol. The monoisotopic (exact) mass is 595 g/mol. The summed E-state index contributed by atoms with van der Waals surface area (Å²) in [6.45, 7) is 1.94. The van der Waals surface area contributed by atoms with Crippen LogP contribution in [0.15, 0.2) is 114 Å². The number of anilines is 2. The van der Waals surface area contributed by atoms with Crippen molar-refractivity contribution in [1.82, 2.24) is 5.32 Å². The van der Waals surface area contributed by atoms with Gasteiger partial charge in [0.15, 0.2) is 0 Å². The summed E-state index contributed by atoms with van der Waals surface area (Å²) >= 11 is 7.30. The van der Waals surface area contributed by atoms with E-state index in [1.807, 2.05) is 19.1 Å². The number of hydrogen-bond acceptors (Lipinski definition) is 5. The number of nitrogens with zero attached hydrogens (tertiary/aromatic N) is 1. The van der Waals surface area contributed by atoms with Crippen LogP contribution >= 0.6 is 23.4 Å².